The summed E-state index contributed by atoms with van der Waals surface area (Å²) in [6, 6.07) is 2.94. The first-order valence-corrected chi connectivity index (χ1v) is 11.0. The van der Waals surface area contributed by atoms with Gasteiger partial charge in [-0.05, 0) is 20.0 Å². The summed E-state index contributed by atoms with van der Waals surface area (Å²) in [6.07, 6.45) is 5.21. The van der Waals surface area contributed by atoms with Gasteiger partial charge in [-0.3, -0.25) is 0 Å². The van der Waals surface area contributed by atoms with Gasteiger partial charge in [0.1, 0.15) is 23.2 Å². The summed E-state index contributed by atoms with van der Waals surface area (Å²) in [5, 5.41) is 3.46. The van der Waals surface area contributed by atoms with Crippen LogP contribution < -0.4 is 19.5 Å². The molecule has 3 aliphatic rings. The molecule has 5 rings (SSSR count). The first kappa shape index (κ1) is 22.5. The van der Waals surface area contributed by atoms with E-state index in [1.165, 1.54) is 19.5 Å². The van der Waals surface area contributed by atoms with Gasteiger partial charge in [-0.1, -0.05) is 12.2 Å². The predicted octanol–water partition coefficient (Wildman–Crippen LogP) is 3.98. The molecule has 3 unspecified atom stereocenters. The Balaban J connectivity index is 1.54. The summed E-state index contributed by atoms with van der Waals surface area (Å²) < 4.78 is 61.7. The molecule has 2 aromatic rings. The van der Waals surface area contributed by atoms with Crippen LogP contribution in [0.2, 0.25) is 0 Å². The average Bonchev–Trinajstić information content (AvgIpc) is 3.18. The van der Waals surface area contributed by atoms with Crippen LogP contribution in [0.1, 0.15) is 13.3 Å². The summed E-state index contributed by atoms with van der Waals surface area (Å²) in [4.78, 5) is 9.97. The van der Waals surface area contributed by atoms with Crippen molar-refractivity contribution >= 4 is 10.9 Å². The second kappa shape index (κ2) is 8.50. The molecule has 10 heteroatoms. The molecule has 1 aromatic carbocycles. The lowest BCUT2D eigenvalue weighted by Gasteiger charge is -2.36. The standard InChI is InChI=1S/C24H25F3N4O3/c1-13-8-15-16(30-13)4-5-18(22(15)25)34-23-21-17(28-12-29-23)9-14(32-3)10-19(21)33-20-6-7-31(2)11-24(20,26)27/h4-5,8-10,12,15-16,20,30H,6-7,11H2,1-3H3. The fraction of sp³-hybridized carbons (Fsp3) is 0.417. The van der Waals surface area contributed by atoms with E-state index in [-0.39, 0.29) is 35.2 Å². The number of ether oxygens (including phenoxy) is 3. The van der Waals surface area contributed by atoms with Gasteiger partial charge < -0.3 is 24.4 Å². The highest BCUT2D eigenvalue weighted by Crippen LogP contribution is 2.41. The molecule has 3 heterocycles. The number of piperidine rings is 1. The molecule has 34 heavy (non-hydrogen) atoms. The van der Waals surface area contributed by atoms with E-state index in [9.17, 15) is 8.78 Å². The van der Waals surface area contributed by atoms with E-state index in [1.54, 1.807) is 30.2 Å². The number of rotatable bonds is 5. The second-order valence-electron chi connectivity index (χ2n) is 8.81. The zero-order chi connectivity index (χ0) is 24.0. The van der Waals surface area contributed by atoms with E-state index in [0.717, 1.165) is 5.70 Å². The Morgan fingerprint density at radius 3 is 2.82 bits per heavy atom. The molecule has 1 N–H and O–H groups in total. The number of benzene rings is 1. The number of allylic oxidation sites excluding steroid dienone is 2. The van der Waals surface area contributed by atoms with Crippen molar-refractivity contribution < 1.29 is 27.4 Å². The smallest absolute Gasteiger partial charge is 0.296 e. The van der Waals surface area contributed by atoms with Crippen LogP contribution in [0, 0.1) is 5.92 Å². The molecule has 1 aromatic heterocycles. The number of nitrogens with one attached hydrogen (secondary N) is 1. The van der Waals surface area contributed by atoms with E-state index >= 15 is 4.39 Å². The summed E-state index contributed by atoms with van der Waals surface area (Å²) in [5.41, 5.74) is 1.25. The van der Waals surface area contributed by atoms with Gasteiger partial charge in [0.25, 0.3) is 5.92 Å². The SMILES string of the molecule is COc1cc(OC2CCN(C)CC2(F)F)c2c(OC3=C(F)C4C=C(C)NC4C=C3)ncnc2c1. The Kier molecular flexibility index (Phi) is 5.63. The minimum Gasteiger partial charge on any atom is -0.497 e. The minimum absolute atomic E-state index is 0.000360. The highest BCUT2D eigenvalue weighted by atomic mass is 19.3. The minimum atomic E-state index is -3.06. The van der Waals surface area contributed by atoms with Crippen LogP contribution in [-0.2, 0) is 0 Å². The van der Waals surface area contributed by atoms with E-state index in [4.69, 9.17) is 14.2 Å². The molecule has 0 radical (unpaired) electrons. The number of fused-ring (bicyclic) bond motifs is 2. The summed E-state index contributed by atoms with van der Waals surface area (Å²) in [7, 11) is 3.11. The van der Waals surface area contributed by atoms with Crippen LogP contribution in [0.4, 0.5) is 13.2 Å². The summed E-state index contributed by atoms with van der Waals surface area (Å²) in [6.45, 7) is 1.92. The molecule has 1 saturated heterocycles. The maximum Gasteiger partial charge on any atom is 0.296 e. The van der Waals surface area contributed by atoms with E-state index < -0.39 is 30.3 Å². The average molecular weight is 474 g/mol. The van der Waals surface area contributed by atoms with Crippen molar-refractivity contribution in [2.24, 2.45) is 5.92 Å². The molecule has 180 valence electrons. The molecule has 1 fully saturated rings. The number of nitrogens with zero attached hydrogens (tertiary/aromatic N) is 3. The third kappa shape index (κ3) is 4.06. The van der Waals surface area contributed by atoms with Gasteiger partial charge in [0, 0.05) is 30.8 Å². The van der Waals surface area contributed by atoms with Crippen LogP contribution >= 0.6 is 0 Å². The first-order valence-electron chi connectivity index (χ1n) is 11.0. The van der Waals surface area contributed by atoms with Crippen LogP contribution in [0.25, 0.3) is 10.9 Å². The Bertz CT molecular complexity index is 1210. The molecule has 0 spiro atoms. The van der Waals surface area contributed by atoms with Gasteiger partial charge in [0.05, 0.1) is 31.1 Å². The van der Waals surface area contributed by atoms with Crippen molar-refractivity contribution in [3.63, 3.8) is 0 Å². The van der Waals surface area contributed by atoms with Crippen LogP contribution in [0.5, 0.6) is 17.4 Å². The zero-order valence-electron chi connectivity index (χ0n) is 19.0. The molecule has 2 aliphatic heterocycles. The van der Waals surface area contributed by atoms with E-state index in [2.05, 4.69) is 15.3 Å². The van der Waals surface area contributed by atoms with Crippen molar-refractivity contribution in [2.45, 2.75) is 31.4 Å². The maximum absolute atomic E-state index is 15.2. The number of halogens is 3. The van der Waals surface area contributed by atoms with Gasteiger partial charge in [-0.15, -0.1) is 0 Å². The monoisotopic (exact) mass is 474 g/mol. The van der Waals surface area contributed by atoms with Gasteiger partial charge in [0.2, 0.25) is 5.88 Å². The molecule has 7 nitrogen and oxygen atoms in total. The van der Waals surface area contributed by atoms with E-state index in [1.807, 2.05) is 13.0 Å². The molecular weight excluding hydrogens is 449 g/mol. The number of aromatic nitrogens is 2. The first-order chi connectivity index (χ1) is 16.2. The third-order valence-corrected chi connectivity index (χ3v) is 6.27. The molecule has 0 bridgehead atoms. The Labute approximate surface area is 194 Å². The van der Waals surface area contributed by atoms with Crippen molar-refractivity contribution in [1.29, 1.82) is 0 Å². The number of methoxy groups -OCH3 is 1. The lowest BCUT2D eigenvalue weighted by Crippen LogP contribution is -2.52. The van der Waals surface area contributed by atoms with Crippen molar-refractivity contribution in [1.82, 2.24) is 20.2 Å². The normalized spacial score (nSPS) is 26.2. The highest BCUT2D eigenvalue weighted by Gasteiger charge is 2.46. The number of alkyl halides is 2. The molecule has 3 atom stereocenters. The lowest BCUT2D eigenvalue weighted by atomic mass is 9.95. The van der Waals surface area contributed by atoms with Gasteiger partial charge >= 0.3 is 0 Å². The fourth-order valence-electron chi connectivity index (χ4n) is 4.57. The van der Waals surface area contributed by atoms with Crippen molar-refractivity contribution in [3.05, 3.63) is 54.0 Å². The quantitative estimate of drug-likeness (QED) is 0.703. The van der Waals surface area contributed by atoms with Gasteiger partial charge in [-0.25, -0.2) is 23.1 Å². The lowest BCUT2D eigenvalue weighted by molar-refractivity contribution is -0.134. The topological polar surface area (TPSA) is 68.7 Å². The number of likely N-dealkylation sites (tertiary alicyclic amines) is 1. The van der Waals surface area contributed by atoms with Crippen molar-refractivity contribution in [3.8, 4) is 17.4 Å². The van der Waals surface area contributed by atoms with Crippen LogP contribution in [0.15, 0.2) is 54.0 Å². The second-order valence-corrected chi connectivity index (χ2v) is 8.81. The molecule has 0 saturated carbocycles. The van der Waals surface area contributed by atoms with Crippen LogP contribution in [0.3, 0.4) is 0 Å². The molecule has 0 amide bonds. The fourth-order valence-corrected chi connectivity index (χ4v) is 4.57. The third-order valence-electron chi connectivity index (χ3n) is 6.27. The molecule has 1 aliphatic carbocycles. The molecular formula is C24H25F3N4O3. The van der Waals surface area contributed by atoms with Crippen molar-refractivity contribution in [2.75, 3.05) is 27.2 Å². The summed E-state index contributed by atoms with van der Waals surface area (Å²) >= 11 is 0. The Morgan fingerprint density at radius 2 is 2.06 bits per heavy atom. The van der Waals surface area contributed by atoms with E-state index in [0.29, 0.717) is 17.8 Å². The van der Waals surface area contributed by atoms with Crippen LogP contribution in [-0.4, -0.2) is 60.2 Å². The van der Waals surface area contributed by atoms with Gasteiger partial charge in [0.15, 0.2) is 17.7 Å². The number of hydrogen-bond donors (Lipinski definition) is 1. The summed E-state index contributed by atoms with van der Waals surface area (Å²) in [5.74, 6) is -3.50. The predicted molar refractivity (Wildman–Crippen MR) is 120 cm³/mol. The van der Waals surface area contributed by atoms with Gasteiger partial charge in [-0.2, -0.15) is 0 Å². The largest absolute Gasteiger partial charge is 0.497 e. The Morgan fingerprint density at radius 1 is 1.24 bits per heavy atom. The number of hydrogen-bond acceptors (Lipinski definition) is 7. The maximum atomic E-state index is 15.2. The zero-order valence-corrected chi connectivity index (χ0v) is 19.0. The highest BCUT2D eigenvalue weighted by molar-refractivity contribution is 5.91. The Hall–Kier alpha value is -3.27.